The Balaban J connectivity index is 1.82. The summed E-state index contributed by atoms with van der Waals surface area (Å²) in [5, 5.41) is 0.581. The summed E-state index contributed by atoms with van der Waals surface area (Å²) in [6.45, 7) is 3.66. The third kappa shape index (κ3) is 5.53. The number of methoxy groups -OCH3 is 1. The van der Waals surface area contributed by atoms with Gasteiger partial charge in [0, 0.05) is 30.2 Å². The van der Waals surface area contributed by atoms with Crippen LogP contribution in [-0.4, -0.2) is 39.4 Å². The van der Waals surface area contributed by atoms with Gasteiger partial charge in [0.15, 0.2) is 0 Å². The van der Waals surface area contributed by atoms with E-state index in [-0.39, 0.29) is 23.1 Å². The molecule has 8 heteroatoms. The van der Waals surface area contributed by atoms with Gasteiger partial charge in [-0.1, -0.05) is 30.7 Å². The van der Waals surface area contributed by atoms with Crippen molar-refractivity contribution in [3.05, 3.63) is 58.6 Å². The van der Waals surface area contributed by atoms with Gasteiger partial charge in [-0.3, -0.25) is 4.79 Å². The molecule has 1 N–H and O–H groups in total. The van der Waals surface area contributed by atoms with Crippen molar-refractivity contribution >= 4 is 27.5 Å². The summed E-state index contributed by atoms with van der Waals surface area (Å²) in [7, 11) is -2.48. The van der Waals surface area contributed by atoms with Crippen LogP contribution in [0.5, 0.6) is 5.75 Å². The first kappa shape index (κ1) is 22.6. The van der Waals surface area contributed by atoms with Gasteiger partial charge in [0.1, 0.15) is 10.6 Å². The predicted octanol–water partition coefficient (Wildman–Crippen LogP) is 4.09. The average Bonchev–Trinajstić information content (AvgIpc) is 2.97. The first-order valence-electron chi connectivity index (χ1n) is 10.0. The van der Waals surface area contributed by atoms with Crippen LogP contribution >= 0.6 is 11.6 Å². The number of carbonyl (C=O) groups excluding carboxylic acids is 1. The Morgan fingerprint density at radius 2 is 1.90 bits per heavy atom. The number of hydrogen-bond acceptors (Lipinski definition) is 4. The molecule has 1 saturated heterocycles. The summed E-state index contributed by atoms with van der Waals surface area (Å²) in [5.41, 5.74) is 1.12. The van der Waals surface area contributed by atoms with Crippen molar-refractivity contribution in [1.29, 1.82) is 0 Å². The van der Waals surface area contributed by atoms with Crippen molar-refractivity contribution in [3.63, 3.8) is 0 Å². The summed E-state index contributed by atoms with van der Waals surface area (Å²) in [6, 6.07) is 11.5. The number of ether oxygens (including phenoxy) is 1. The van der Waals surface area contributed by atoms with Gasteiger partial charge in [0.2, 0.25) is 10.0 Å². The molecule has 162 valence electrons. The van der Waals surface area contributed by atoms with E-state index < -0.39 is 10.0 Å². The predicted molar refractivity (Wildman–Crippen MR) is 117 cm³/mol. The second-order valence-corrected chi connectivity index (χ2v) is 9.82. The topological polar surface area (TPSA) is 75.7 Å². The lowest BCUT2D eigenvalue weighted by atomic mass is 10.0. The molecule has 2 aromatic carbocycles. The maximum absolute atomic E-state index is 13.0. The van der Waals surface area contributed by atoms with Gasteiger partial charge in [0.05, 0.1) is 7.11 Å². The normalized spacial score (nSPS) is 17.4. The number of hydrogen-bond donors (Lipinski definition) is 1. The Bertz CT molecular complexity index is 993. The van der Waals surface area contributed by atoms with E-state index in [2.05, 4.69) is 11.6 Å². The molecule has 1 amide bonds. The van der Waals surface area contributed by atoms with Crippen molar-refractivity contribution in [3.8, 4) is 5.75 Å². The molecule has 0 aliphatic carbocycles. The molecule has 2 aromatic rings. The Kier molecular flexibility index (Phi) is 7.39. The summed E-state index contributed by atoms with van der Waals surface area (Å²) in [6.07, 6.45) is 3.01. The van der Waals surface area contributed by atoms with Crippen LogP contribution in [0, 0.1) is 5.92 Å². The Morgan fingerprint density at radius 1 is 1.17 bits per heavy atom. The van der Waals surface area contributed by atoms with Crippen LogP contribution in [0.1, 0.15) is 42.1 Å². The molecular weight excluding hydrogens is 424 g/mol. The van der Waals surface area contributed by atoms with Gasteiger partial charge in [-0.25, -0.2) is 13.1 Å². The van der Waals surface area contributed by atoms with Gasteiger partial charge < -0.3 is 9.64 Å². The molecule has 1 heterocycles. The van der Waals surface area contributed by atoms with Crippen molar-refractivity contribution in [1.82, 2.24) is 9.62 Å². The molecule has 6 nitrogen and oxygen atoms in total. The fourth-order valence-corrected chi connectivity index (χ4v) is 4.86. The highest BCUT2D eigenvalue weighted by atomic mass is 35.5. The molecule has 0 radical (unpaired) electrons. The number of carbonyl (C=O) groups is 1. The van der Waals surface area contributed by atoms with Crippen molar-refractivity contribution in [2.24, 2.45) is 5.92 Å². The number of benzene rings is 2. The third-order valence-electron chi connectivity index (χ3n) is 5.38. The van der Waals surface area contributed by atoms with Crippen molar-refractivity contribution in [2.75, 3.05) is 20.2 Å². The SMILES string of the molecule is COc1ccc(C(=O)N2CCCC(C)CC2)cc1S(=O)(=O)NCc1ccc(Cl)cc1. The summed E-state index contributed by atoms with van der Waals surface area (Å²) in [5.74, 6) is 0.632. The van der Waals surface area contributed by atoms with E-state index in [0.29, 0.717) is 29.6 Å². The second-order valence-electron chi connectivity index (χ2n) is 7.64. The molecule has 1 atom stereocenters. The van der Waals surface area contributed by atoms with Gasteiger partial charge in [-0.05, 0) is 61.1 Å². The summed E-state index contributed by atoms with van der Waals surface area (Å²) < 4.78 is 33.7. The number of halogens is 1. The molecule has 1 fully saturated rings. The summed E-state index contributed by atoms with van der Waals surface area (Å²) >= 11 is 5.88. The van der Waals surface area contributed by atoms with Crippen LogP contribution in [0.3, 0.4) is 0 Å². The molecule has 1 aliphatic rings. The number of nitrogens with zero attached hydrogens (tertiary/aromatic N) is 1. The van der Waals surface area contributed by atoms with E-state index in [9.17, 15) is 13.2 Å². The number of nitrogens with one attached hydrogen (secondary N) is 1. The fourth-order valence-electron chi connectivity index (χ4n) is 3.53. The number of sulfonamides is 1. The largest absolute Gasteiger partial charge is 0.495 e. The summed E-state index contributed by atoms with van der Waals surface area (Å²) in [4.78, 5) is 14.8. The van der Waals surface area contributed by atoms with E-state index >= 15 is 0 Å². The molecule has 1 aliphatic heterocycles. The smallest absolute Gasteiger partial charge is 0.253 e. The Morgan fingerprint density at radius 3 is 2.60 bits per heavy atom. The molecule has 30 heavy (non-hydrogen) atoms. The highest BCUT2D eigenvalue weighted by Gasteiger charge is 2.24. The quantitative estimate of drug-likeness (QED) is 0.719. The average molecular weight is 451 g/mol. The zero-order valence-corrected chi connectivity index (χ0v) is 18.8. The van der Waals surface area contributed by atoms with Crippen LogP contribution in [0.25, 0.3) is 0 Å². The Labute approximate surface area is 183 Å². The maximum atomic E-state index is 13.0. The highest BCUT2D eigenvalue weighted by Crippen LogP contribution is 2.27. The van der Waals surface area contributed by atoms with Gasteiger partial charge in [0.25, 0.3) is 5.91 Å². The standard InChI is InChI=1S/C22H27ClN2O4S/c1-16-4-3-12-25(13-11-16)22(26)18-7-10-20(29-2)21(14-18)30(27,28)24-15-17-5-8-19(23)9-6-17/h5-10,14,16,24H,3-4,11-13,15H2,1-2H3. The van der Waals surface area contributed by atoms with E-state index in [1.807, 2.05) is 4.90 Å². The number of rotatable bonds is 6. The Hall–Kier alpha value is -2.09. The van der Waals surface area contributed by atoms with Gasteiger partial charge in [-0.2, -0.15) is 0 Å². The number of likely N-dealkylation sites (tertiary alicyclic amines) is 1. The first-order chi connectivity index (χ1) is 14.3. The van der Waals surface area contributed by atoms with Crippen molar-refractivity contribution < 1.29 is 17.9 Å². The van der Waals surface area contributed by atoms with E-state index in [0.717, 1.165) is 24.8 Å². The monoisotopic (exact) mass is 450 g/mol. The zero-order valence-electron chi connectivity index (χ0n) is 17.2. The zero-order chi connectivity index (χ0) is 21.7. The van der Waals surface area contributed by atoms with Crippen LogP contribution < -0.4 is 9.46 Å². The van der Waals surface area contributed by atoms with E-state index in [1.165, 1.54) is 19.2 Å². The highest BCUT2D eigenvalue weighted by molar-refractivity contribution is 7.89. The minimum absolute atomic E-state index is 0.0481. The van der Waals surface area contributed by atoms with Crippen LogP contribution in [0.4, 0.5) is 0 Å². The lowest BCUT2D eigenvalue weighted by Gasteiger charge is -2.21. The minimum Gasteiger partial charge on any atom is -0.495 e. The minimum atomic E-state index is -3.89. The van der Waals surface area contributed by atoms with Crippen LogP contribution in [0.2, 0.25) is 5.02 Å². The van der Waals surface area contributed by atoms with E-state index in [4.69, 9.17) is 16.3 Å². The van der Waals surface area contributed by atoms with Crippen LogP contribution in [-0.2, 0) is 16.6 Å². The molecule has 1 unspecified atom stereocenters. The lowest BCUT2D eigenvalue weighted by Crippen LogP contribution is -2.32. The molecular formula is C22H27ClN2O4S. The van der Waals surface area contributed by atoms with Crippen molar-refractivity contribution in [2.45, 2.75) is 37.6 Å². The van der Waals surface area contributed by atoms with Crippen LogP contribution in [0.15, 0.2) is 47.4 Å². The lowest BCUT2D eigenvalue weighted by molar-refractivity contribution is 0.0760. The number of amides is 1. The molecule has 3 rings (SSSR count). The molecule has 0 aromatic heterocycles. The maximum Gasteiger partial charge on any atom is 0.253 e. The third-order valence-corrected chi connectivity index (χ3v) is 7.06. The van der Waals surface area contributed by atoms with E-state index in [1.54, 1.807) is 30.3 Å². The molecule has 0 spiro atoms. The first-order valence-corrected chi connectivity index (χ1v) is 11.9. The molecule has 0 bridgehead atoms. The van der Waals surface area contributed by atoms with Gasteiger partial charge >= 0.3 is 0 Å². The second kappa shape index (κ2) is 9.81. The van der Waals surface area contributed by atoms with Gasteiger partial charge in [-0.15, -0.1) is 0 Å². The fraction of sp³-hybridized carbons (Fsp3) is 0.409. The molecule has 0 saturated carbocycles.